The van der Waals surface area contributed by atoms with Crippen molar-refractivity contribution in [3.05, 3.63) is 64.3 Å². The molecule has 0 bridgehead atoms. The monoisotopic (exact) mass is 476 g/mol. The first-order valence-electron chi connectivity index (χ1n) is 11.5. The van der Waals surface area contributed by atoms with E-state index in [9.17, 15) is 10.1 Å². The summed E-state index contributed by atoms with van der Waals surface area (Å²) in [5.74, 6) is 0.779. The highest BCUT2D eigenvalue weighted by molar-refractivity contribution is 7.95. The number of aromatic nitrogens is 1. The van der Waals surface area contributed by atoms with E-state index in [0.29, 0.717) is 24.3 Å². The molecule has 0 radical (unpaired) electrons. The first-order valence-corrected chi connectivity index (χ1v) is 12.3. The molecule has 7 nitrogen and oxygen atoms in total. The Hall–Kier alpha value is -2.83. The van der Waals surface area contributed by atoms with E-state index in [0.717, 1.165) is 59.8 Å². The molecule has 1 N–H and O–H groups in total. The molecule has 3 aromatic rings. The Morgan fingerprint density at radius 3 is 2.76 bits per heavy atom. The lowest BCUT2D eigenvalue weighted by atomic mass is 9.71. The zero-order valence-corrected chi connectivity index (χ0v) is 20.5. The SMILES string of the molecule is Cn1c2c(c3ccc(C#N)cc31)C(=O)c1ccc(OCCNSN3CCOCC3)cc1C2(C)C. The number of nitriles is 1. The third-order valence-electron chi connectivity index (χ3n) is 6.69. The van der Waals surface area contributed by atoms with Crippen LogP contribution in [0.4, 0.5) is 0 Å². The Morgan fingerprint density at radius 2 is 2.00 bits per heavy atom. The first kappa shape index (κ1) is 22.9. The summed E-state index contributed by atoms with van der Waals surface area (Å²) < 4.78 is 19.0. The maximum atomic E-state index is 13.6. The van der Waals surface area contributed by atoms with Crippen LogP contribution in [0.25, 0.3) is 10.9 Å². The zero-order valence-electron chi connectivity index (χ0n) is 19.7. The molecule has 1 aliphatic carbocycles. The molecule has 0 unspecified atom stereocenters. The molecule has 176 valence electrons. The van der Waals surface area contributed by atoms with Crippen molar-refractivity contribution in [1.29, 1.82) is 5.26 Å². The number of morpholine rings is 1. The summed E-state index contributed by atoms with van der Waals surface area (Å²) in [5.41, 5.74) is 4.46. The topological polar surface area (TPSA) is 79.5 Å². The molecule has 0 spiro atoms. The van der Waals surface area contributed by atoms with E-state index >= 15 is 0 Å². The Morgan fingerprint density at radius 1 is 1.21 bits per heavy atom. The highest BCUT2D eigenvalue weighted by Gasteiger charge is 2.41. The normalized spacial score (nSPS) is 17.3. The van der Waals surface area contributed by atoms with Crippen molar-refractivity contribution in [1.82, 2.24) is 13.6 Å². The van der Waals surface area contributed by atoms with Crippen LogP contribution in [-0.2, 0) is 17.2 Å². The Balaban J connectivity index is 1.37. The minimum absolute atomic E-state index is 0.0229. The summed E-state index contributed by atoms with van der Waals surface area (Å²) in [6.45, 7) is 8.90. The van der Waals surface area contributed by atoms with Gasteiger partial charge in [-0.2, -0.15) is 5.26 Å². The van der Waals surface area contributed by atoms with Gasteiger partial charge in [0, 0.05) is 60.9 Å². The van der Waals surface area contributed by atoms with Gasteiger partial charge in [-0.15, -0.1) is 0 Å². The molecule has 8 heteroatoms. The van der Waals surface area contributed by atoms with Gasteiger partial charge in [-0.3, -0.25) is 4.79 Å². The van der Waals surface area contributed by atoms with Crippen molar-refractivity contribution >= 4 is 28.8 Å². The lowest BCUT2D eigenvalue weighted by Crippen LogP contribution is -2.34. The number of aryl methyl sites for hydroxylation is 1. The largest absolute Gasteiger partial charge is 0.492 e. The molecule has 1 aromatic heterocycles. The van der Waals surface area contributed by atoms with Crippen molar-refractivity contribution in [2.75, 3.05) is 39.5 Å². The van der Waals surface area contributed by atoms with Gasteiger partial charge in [0.15, 0.2) is 5.78 Å². The number of rotatable bonds is 6. The average Bonchev–Trinajstić information content (AvgIpc) is 3.16. The van der Waals surface area contributed by atoms with Crippen molar-refractivity contribution < 1.29 is 14.3 Å². The lowest BCUT2D eigenvalue weighted by molar-refractivity contribution is 0.0770. The summed E-state index contributed by atoms with van der Waals surface area (Å²) in [6.07, 6.45) is 0. The van der Waals surface area contributed by atoms with Crippen LogP contribution < -0.4 is 9.46 Å². The van der Waals surface area contributed by atoms with Crippen LogP contribution in [0.5, 0.6) is 5.75 Å². The van der Waals surface area contributed by atoms with Crippen LogP contribution in [0.1, 0.15) is 46.6 Å². The molecule has 0 amide bonds. The molecule has 1 aliphatic heterocycles. The molecule has 2 heterocycles. The third kappa shape index (κ3) is 3.89. The van der Waals surface area contributed by atoms with Gasteiger partial charge >= 0.3 is 0 Å². The summed E-state index contributed by atoms with van der Waals surface area (Å²) in [6, 6.07) is 13.5. The number of nitrogens with zero attached hydrogens (tertiary/aromatic N) is 3. The van der Waals surface area contributed by atoms with Crippen LogP contribution in [0.3, 0.4) is 0 Å². The second kappa shape index (κ2) is 9.08. The van der Waals surface area contributed by atoms with Crippen LogP contribution in [0, 0.1) is 11.3 Å². The third-order valence-corrected chi connectivity index (χ3v) is 7.65. The molecule has 1 saturated heterocycles. The Labute approximate surface area is 203 Å². The smallest absolute Gasteiger partial charge is 0.195 e. The fourth-order valence-corrected chi connectivity index (χ4v) is 5.73. The number of fused-ring (bicyclic) bond motifs is 4. The van der Waals surface area contributed by atoms with Gasteiger partial charge in [-0.25, -0.2) is 9.03 Å². The fourth-order valence-electron chi connectivity index (χ4n) is 5.04. The average molecular weight is 477 g/mol. The summed E-state index contributed by atoms with van der Waals surface area (Å²) in [7, 11) is 1.97. The van der Waals surface area contributed by atoms with E-state index in [4.69, 9.17) is 9.47 Å². The number of ether oxygens (including phenoxy) is 2. The van der Waals surface area contributed by atoms with E-state index in [1.165, 1.54) is 0 Å². The Kier molecular flexibility index (Phi) is 6.13. The van der Waals surface area contributed by atoms with Crippen molar-refractivity contribution in [3.8, 4) is 11.8 Å². The highest BCUT2D eigenvalue weighted by atomic mass is 32.2. The number of hydrogen-bond donors (Lipinski definition) is 1. The molecule has 2 aromatic carbocycles. The van der Waals surface area contributed by atoms with Crippen LogP contribution >= 0.6 is 12.1 Å². The van der Waals surface area contributed by atoms with Gasteiger partial charge in [0.2, 0.25) is 0 Å². The quantitative estimate of drug-likeness (QED) is 0.428. The summed E-state index contributed by atoms with van der Waals surface area (Å²) in [4.78, 5) is 13.6. The molecule has 1 fully saturated rings. The van der Waals surface area contributed by atoms with Gasteiger partial charge in [0.05, 0.1) is 35.9 Å². The maximum Gasteiger partial charge on any atom is 0.195 e. The number of nitrogens with one attached hydrogen (secondary N) is 1. The zero-order chi connectivity index (χ0) is 23.9. The van der Waals surface area contributed by atoms with Crippen molar-refractivity contribution in [3.63, 3.8) is 0 Å². The molecular formula is C26H28N4O3S. The van der Waals surface area contributed by atoms with E-state index in [-0.39, 0.29) is 5.78 Å². The molecular weight excluding hydrogens is 448 g/mol. The van der Waals surface area contributed by atoms with Gasteiger partial charge < -0.3 is 14.0 Å². The highest BCUT2D eigenvalue weighted by Crippen LogP contribution is 2.46. The lowest BCUT2D eigenvalue weighted by Gasteiger charge is -2.33. The summed E-state index contributed by atoms with van der Waals surface area (Å²) in [5, 5.41) is 10.2. The number of carbonyl (C=O) groups is 1. The number of benzene rings is 2. The molecule has 34 heavy (non-hydrogen) atoms. The minimum atomic E-state index is -0.400. The van der Waals surface area contributed by atoms with E-state index in [1.807, 2.05) is 37.4 Å². The predicted molar refractivity (Wildman–Crippen MR) is 133 cm³/mol. The van der Waals surface area contributed by atoms with Crippen molar-refractivity contribution in [2.45, 2.75) is 19.3 Å². The summed E-state index contributed by atoms with van der Waals surface area (Å²) >= 11 is 1.61. The predicted octanol–water partition coefficient (Wildman–Crippen LogP) is 3.78. The second-order valence-corrected chi connectivity index (χ2v) is 10.2. The molecule has 0 atom stereocenters. The number of carbonyl (C=O) groups excluding carboxylic acids is 1. The van der Waals surface area contributed by atoms with Gasteiger partial charge in [-0.1, -0.05) is 19.9 Å². The standard InChI is InChI=1S/C26H28N4O3S/c1-26(2)21-15-18(33-11-8-28-34-30-9-12-32-13-10-30)5-7-19(21)24(31)23-20-6-4-17(16-27)14-22(20)29(3)25(23)26/h4-7,14-15,28H,8-13H2,1-3H3. The van der Waals surface area contributed by atoms with Gasteiger partial charge in [-0.05, 0) is 35.9 Å². The van der Waals surface area contributed by atoms with Gasteiger partial charge in [0.25, 0.3) is 0 Å². The van der Waals surface area contributed by atoms with E-state index < -0.39 is 5.41 Å². The number of hydrogen-bond acceptors (Lipinski definition) is 7. The minimum Gasteiger partial charge on any atom is -0.492 e. The Bertz CT molecular complexity index is 1300. The first-order chi connectivity index (χ1) is 16.4. The van der Waals surface area contributed by atoms with E-state index in [1.54, 1.807) is 18.2 Å². The maximum absolute atomic E-state index is 13.6. The van der Waals surface area contributed by atoms with Gasteiger partial charge in [0.1, 0.15) is 12.4 Å². The van der Waals surface area contributed by atoms with Crippen LogP contribution in [0.15, 0.2) is 36.4 Å². The van der Waals surface area contributed by atoms with Crippen LogP contribution in [0.2, 0.25) is 0 Å². The van der Waals surface area contributed by atoms with E-state index in [2.05, 4.69) is 33.5 Å². The molecule has 0 saturated carbocycles. The molecule has 2 aliphatic rings. The number of ketones is 1. The fraction of sp³-hybridized carbons (Fsp3) is 0.385. The van der Waals surface area contributed by atoms with Crippen molar-refractivity contribution in [2.24, 2.45) is 7.05 Å². The molecule has 5 rings (SSSR count). The second-order valence-electron chi connectivity index (χ2n) is 9.16. The van der Waals surface area contributed by atoms with Crippen LogP contribution in [-0.4, -0.2) is 54.1 Å².